The zero-order chi connectivity index (χ0) is 16.6. The van der Waals surface area contributed by atoms with Crippen LogP contribution in [-0.4, -0.2) is 34.5 Å². The molecule has 0 saturated carbocycles. The number of allylic oxidation sites excluding steroid dienone is 4. The topological polar surface area (TPSA) is 74.6 Å². The molecule has 1 rings (SSSR count). The predicted octanol–water partition coefficient (Wildman–Crippen LogP) is 2.83. The van der Waals surface area contributed by atoms with Crippen LogP contribution < -0.4 is 0 Å². The van der Waals surface area contributed by atoms with Gasteiger partial charge in [0.05, 0.1) is 11.1 Å². The Bertz CT molecular complexity index is 561. The van der Waals surface area contributed by atoms with E-state index in [1.807, 2.05) is 0 Å². The highest BCUT2D eigenvalue weighted by Gasteiger charge is 2.52. The molecule has 0 heterocycles. The van der Waals surface area contributed by atoms with Gasteiger partial charge in [-0.25, -0.2) is 9.59 Å². The third kappa shape index (κ3) is 3.64. The quantitative estimate of drug-likeness (QED) is 0.768. The smallest absolute Gasteiger partial charge is 0.421 e. The maximum Gasteiger partial charge on any atom is 0.421 e. The second-order valence-corrected chi connectivity index (χ2v) is 3.89. The number of rotatable bonds is 2. The molecule has 4 nitrogen and oxygen atoms in total. The van der Waals surface area contributed by atoms with Crippen LogP contribution in [0.5, 0.6) is 0 Å². The second kappa shape index (κ2) is 5.26. The first-order valence-electron chi connectivity index (χ1n) is 5.12. The van der Waals surface area contributed by atoms with Gasteiger partial charge in [-0.3, -0.25) is 0 Å². The van der Waals surface area contributed by atoms with E-state index in [1.54, 1.807) is 0 Å². The van der Waals surface area contributed by atoms with Gasteiger partial charge in [0.15, 0.2) is 0 Å². The van der Waals surface area contributed by atoms with Gasteiger partial charge in [-0.2, -0.15) is 26.3 Å². The summed E-state index contributed by atoms with van der Waals surface area (Å²) in [6.45, 7) is 0. The van der Waals surface area contributed by atoms with Crippen molar-refractivity contribution in [2.24, 2.45) is 0 Å². The molecule has 0 amide bonds. The third-order valence-corrected chi connectivity index (χ3v) is 2.48. The van der Waals surface area contributed by atoms with Crippen LogP contribution in [0.25, 0.3) is 0 Å². The zero-order valence-electron chi connectivity index (χ0n) is 9.84. The lowest BCUT2D eigenvalue weighted by molar-refractivity contribution is -0.173. The van der Waals surface area contributed by atoms with E-state index in [0.29, 0.717) is 6.08 Å². The maximum absolute atomic E-state index is 12.5. The summed E-state index contributed by atoms with van der Waals surface area (Å²) in [4.78, 5) is 21.5. The Morgan fingerprint density at radius 2 is 1.33 bits per heavy atom. The highest BCUT2D eigenvalue weighted by atomic mass is 19.4. The average Bonchev–Trinajstić information content (AvgIpc) is 2.24. The molecule has 0 aliphatic heterocycles. The van der Waals surface area contributed by atoms with Crippen LogP contribution in [0, 0.1) is 0 Å². The molecule has 0 saturated heterocycles. The molecule has 0 aromatic rings. The molecular weight excluding hydrogens is 310 g/mol. The molecule has 116 valence electrons. The standard InChI is InChI=1S/C11H6F6O4/c12-10(13,14)7(11(15,16)17)4-1-2-5(8(18)19)6(3-4)9(20)21/h2-3H,1H2,(H,18,19)(H,20,21). The normalized spacial score (nSPS) is 16.2. The third-order valence-electron chi connectivity index (χ3n) is 2.48. The molecule has 0 fully saturated rings. The fraction of sp³-hybridized carbons (Fsp3) is 0.273. The SMILES string of the molecule is O=C(O)C1=CCC(=C(C(F)(F)F)C(F)(F)F)C=C1C(=O)O. The van der Waals surface area contributed by atoms with Crippen LogP contribution >= 0.6 is 0 Å². The Balaban J connectivity index is 3.55. The van der Waals surface area contributed by atoms with E-state index in [2.05, 4.69) is 0 Å². The van der Waals surface area contributed by atoms with Gasteiger partial charge in [-0.15, -0.1) is 0 Å². The molecule has 1 aliphatic rings. The van der Waals surface area contributed by atoms with Gasteiger partial charge in [0, 0.05) is 0 Å². The van der Waals surface area contributed by atoms with Gasteiger partial charge >= 0.3 is 24.3 Å². The van der Waals surface area contributed by atoms with Crippen molar-refractivity contribution in [2.45, 2.75) is 18.8 Å². The summed E-state index contributed by atoms with van der Waals surface area (Å²) in [6, 6.07) is 0. The van der Waals surface area contributed by atoms with E-state index in [-0.39, 0.29) is 6.08 Å². The van der Waals surface area contributed by atoms with Crippen molar-refractivity contribution in [1.29, 1.82) is 0 Å². The van der Waals surface area contributed by atoms with E-state index in [1.165, 1.54) is 0 Å². The Morgan fingerprint density at radius 1 is 0.905 bits per heavy atom. The maximum atomic E-state index is 12.5. The molecule has 0 spiro atoms. The minimum atomic E-state index is -5.75. The van der Waals surface area contributed by atoms with Gasteiger partial charge in [0.2, 0.25) is 0 Å². The Morgan fingerprint density at radius 3 is 1.67 bits per heavy atom. The van der Waals surface area contributed by atoms with Gasteiger partial charge in [0.1, 0.15) is 5.57 Å². The van der Waals surface area contributed by atoms with Crippen molar-refractivity contribution in [3.05, 3.63) is 34.4 Å². The summed E-state index contributed by atoms with van der Waals surface area (Å²) in [5, 5.41) is 17.4. The highest BCUT2D eigenvalue weighted by molar-refractivity contribution is 6.06. The largest absolute Gasteiger partial charge is 0.478 e. The van der Waals surface area contributed by atoms with Crippen molar-refractivity contribution in [2.75, 3.05) is 0 Å². The molecule has 0 atom stereocenters. The number of alkyl halides is 6. The Hall–Kier alpha value is -2.26. The molecular formula is C11H6F6O4. The molecule has 0 bridgehead atoms. The number of aliphatic carboxylic acids is 2. The minimum Gasteiger partial charge on any atom is -0.478 e. The van der Waals surface area contributed by atoms with Crippen molar-refractivity contribution in [3.63, 3.8) is 0 Å². The number of carboxylic acid groups (broad SMARTS) is 2. The molecule has 2 N–H and O–H groups in total. The molecule has 1 aliphatic carbocycles. The van der Waals surface area contributed by atoms with E-state index < -0.39 is 53.0 Å². The van der Waals surface area contributed by atoms with E-state index in [9.17, 15) is 35.9 Å². The lowest BCUT2D eigenvalue weighted by atomic mass is 9.91. The first kappa shape index (κ1) is 16.8. The molecule has 0 unspecified atom stereocenters. The van der Waals surface area contributed by atoms with Crippen molar-refractivity contribution in [1.82, 2.24) is 0 Å². The molecule has 0 aromatic carbocycles. The molecule has 0 aromatic heterocycles. The first-order valence-corrected chi connectivity index (χ1v) is 5.12. The fourth-order valence-electron chi connectivity index (χ4n) is 1.71. The number of halogens is 6. The van der Waals surface area contributed by atoms with Crippen LogP contribution in [0.3, 0.4) is 0 Å². The summed E-state index contributed by atoms with van der Waals surface area (Å²) in [6.07, 6.45) is -11.9. The number of hydrogen-bond acceptors (Lipinski definition) is 2. The number of carbonyl (C=O) groups is 2. The summed E-state index contributed by atoms with van der Waals surface area (Å²) in [5.74, 6) is -3.70. The minimum absolute atomic E-state index is 0.0854. The summed E-state index contributed by atoms with van der Waals surface area (Å²) in [5.41, 5.74) is -6.21. The van der Waals surface area contributed by atoms with Crippen molar-refractivity contribution < 1.29 is 46.1 Å². The number of carboxylic acids is 2. The average molecular weight is 316 g/mol. The molecule has 10 heteroatoms. The van der Waals surface area contributed by atoms with Crippen LogP contribution in [-0.2, 0) is 9.59 Å². The van der Waals surface area contributed by atoms with Crippen LogP contribution in [0.2, 0.25) is 0 Å². The van der Waals surface area contributed by atoms with Gasteiger partial charge < -0.3 is 10.2 Å². The molecule has 21 heavy (non-hydrogen) atoms. The number of hydrogen-bond donors (Lipinski definition) is 2. The highest BCUT2D eigenvalue weighted by Crippen LogP contribution is 2.43. The zero-order valence-corrected chi connectivity index (χ0v) is 9.84. The lowest BCUT2D eigenvalue weighted by Crippen LogP contribution is -2.28. The van der Waals surface area contributed by atoms with Crippen LogP contribution in [0.1, 0.15) is 6.42 Å². The van der Waals surface area contributed by atoms with Crippen LogP contribution in [0.4, 0.5) is 26.3 Å². The molecule has 0 radical (unpaired) electrons. The Labute approximate surface area is 112 Å². The van der Waals surface area contributed by atoms with E-state index in [0.717, 1.165) is 0 Å². The van der Waals surface area contributed by atoms with E-state index in [4.69, 9.17) is 10.2 Å². The van der Waals surface area contributed by atoms with Gasteiger partial charge in [0.25, 0.3) is 0 Å². The summed E-state index contributed by atoms with van der Waals surface area (Å²) in [7, 11) is 0. The van der Waals surface area contributed by atoms with Gasteiger partial charge in [-0.05, 0) is 18.1 Å². The second-order valence-electron chi connectivity index (χ2n) is 3.89. The fourth-order valence-corrected chi connectivity index (χ4v) is 1.71. The summed E-state index contributed by atoms with van der Waals surface area (Å²) < 4.78 is 75.0. The van der Waals surface area contributed by atoms with Crippen molar-refractivity contribution >= 4 is 11.9 Å². The summed E-state index contributed by atoms with van der Waals surface area (Å²) >= 11 is 0. The lowest BCUT2D eigenvalue weighted by Gasteiger charge is -2.20. The Kier molecular flexibility index (Phi) is 4.21. The van der Waals surface area contributed by atoms with Crippen LogP contribution in [0.15, 0.2) is 34.4 Å². The monoisotopic (exact) mass is 316 g/mol. The van der Waals surface area contributed by atoms with Crippen molar-refractivity contribution in [3.8, 4) is 0 Å². The first-order chi connectivity index (χ1) is 9.35. The van der Waals surface area contributed by atoms with E-state index >= 15 is 0 Å². The van der Waals surface area contributed by atoms with Gasteiger partial charge in [-0.1, -0.05) is 6.08 Å². The predicted molar refractivity (Wildman–Crippen MR) is 55.2 cm³/mol.